The molecule has 4 heteroatoms. The van der Waals surface area contributed by atoms with E-state index in [1.807, 2.05) is 38.1 Å². The Morgan fingerprint density at radius 3 is 2.74 bits per heavy atom. The first-order chi connectivity index (χ1) is 8.99. The van der Waals surface area contributed by atoms with Gasteiger partial charge in [-0.25, -0.2) is 0 Å². The van der Waals surface area contributed by atoms with Gasteiger partial charge in [-0.1, -0.05) is 29.8 Å². The van der Waals surface area contributed by atoms with Gasteiger partial charge < -0.3 is 15.2 Å². The van der Waals surface area contributed by atoms with Crippen molar-refractivity contribution in [2.75, 3.05) is 13.2 Å². The monoisotopic (exact) mass is 263 g/mol. The Kier molecular flexibility index (Phi) is 4.22. The van der Waals surface area contributed by atoms with Gasteiger partial charge >= 0.3 is 0 Å². The van der Waals surface area contributed by atoms with Crippen LogP contribution in [0.5, 0.6) is 0 Å². The van der Waals surface area contributed by atoms with Gasteiger partial charge in [0.25, 0.3) is 0 Å². The molecule has 0 aromatic heterocycles. The highest BCUT2D eigenvalue weighted by molar-refractivity contribution is 5.78. The van der Waals surface area contributed by atoms with E-state index >= 15 is 0 Å². The molecule has 1 fully saturated rings. The van der Waals surface area contributed by atoms with Crippen LogP contribution in [0.2, 0.25) is 0 Å². The summed E-state index contributed by atoms with van der Waals surface area (Å²) in [6, 6.07) is 7.88. The molecule has 1 heterocycles. The van der Waals surface area contributed by atoms with E-state index in [0.717, 1.165) is 5.56 Å². The predicted octanol–water partition coefficient (Wildman–Crippen LogP) is 1.19. The number of carbonyl (C=O) groups is 1. The van der Waals surface area contributed by atoms with Crippen LogP contribution in [0.4, 0.5) is 0 Å². The molecule has 104 valence electrons. The third-order valence-electron chi connectivity index (χ3n) is 3.74. The second kappa shape index (κ2) is 5.72. The summed E-state index contributed by atoms with van der Waals surface area (Å²) >= 11 is 0. The quantitative estimate of drug-likeness (QED) is 0.858. The maximum absolute atomic E-state index is 11.8. The van der Waals surface area contributed by atoms with Gasteiger partial charge in [0.2, 0.25) is 5.91 Å². The standard InChI is InChI=1S/C15H21NO3/c1-11-3-5-13(6-4-11)9-14(17)16-10-15(18)7-8-19-12(15)2/h3-6,12,18H,7-10H2,1-2H3,(H,16,17). The molecule has 1 aromatic rings. The number of nitrogens with one attached hydrogen (secondary N) is 1. The lowest BCUT2D eigenvalue weighted by molar-refractivity contribution is -0.122. The van der Waals surface area contributed by atoms with E-state index < -0.39 is 5.60 Å². The molecular formula is C15H21NO3. The van der Waals surface area contributed by atoms with E-state index in [0.29, 0.717) is 19.4 Å². The van der Waals surface area contributed by atoms with Crippen molar-refractivity contribution in [1.82, 2.24) is 5.32 Å². The molecule has 4 nitrogen and oxygen atoms in total. The number of aryl methyl sites for hydroxylation is 1. The molecule has 0 aliphatic carbocycles. The first kappa shape index (κ1) is 14.0. The average Bonchev–Trinajstić information content (AvgIpc) is 2.71. The van der Waals surface area contributed by atoms with Crippen molar-refractivity contribution in [3.05, 3.63) is 35.4 Å². The summed E-state index contributed by atoms with van der Waals surface area (Å²) < 4.78 is 5.33. The average molecular weight is 263 g/mol. The van der Waals surface area contributed by atoms with Gasteiger partial charge in [-0.2, -0.15) is 0 Å². The summed E-state index contributed by atoms with van der Waals surface area (Å²) in [6.45, 7) is 4.64. The van der Waals surface area contributed by atoms with Gasteiger partial charge in [-0.05, 0) is 19.4 Å². The van der Waals surface area contributed by atoms with Crippen molar-refractivity contribution in [2.24, 2.45) is 0 Å². The number of aliphatic hydroxyl groups is 1. The Bertz CT molecular complexity index is 443. The van der Waals surface area contributed by atoms with E-state index in [-0.39, 0.29) is 18.6 Å². The molecule has 1 aliphatic heterocycles. The highest BCUT2D eigenvalue weighted by Crippen LogP contribution is 2.24. The lowest BCUT2D eigenvalue weighted by Gasteiger charge is -2.26. The normalized spacial score (nSPS) is 26.4. The molecule has 1 amide bonds. The summed E-state index contributed by atoms with van der Waals surface area (Å²) in [5, 5.41) is 13.1. The van der Waals surface area contributed by atoms with Crippen molar-refractivity contribution in [3.63, 3.8) is 0 Å². The highest BCUT2D eigenvalue weighted by atomic mass is 16.5. The Labute approximate surface area is 113 Å². The van der Waals surface area contributed by atoms with Crippen LogP contribution < -0.4 is 5.32 Å². The molecule has 1 aromatic carbocycles. The van der Waals surface area contributed by atoms with E-state index in [1.54, 1.807) is 0 Å². The Balaban J connectivity index is 1.83. The Hall–Kier alpha value is -1.39. The van der Waals surface area contributed by atoms with Crippen molar-refractivity contribution in [3.8, 4) is 0 Å². The van der Waals surface area contributed by atoms with E-state index in [9.17, 15) is 9.90 Å². The number of hydrogen-bond acceptors (Lipinski definition) is 3. The number of hydrogen-bond donors (Lipinski definition) is 2. The second-order valence-corrected chi connectivity index (χ2v) is 5.31. The lowest BCUT2D eigenvalue weighted by atomic mass is 9.96. The fraction of sp³-hybridized carbons (Fsp3) is 0.533. The zero-order chi connectivity index (χ0) is 13.9. The first-order valence-electron chi connectivity index (χ1n) is 6.66. The molecule has 0 bridgehead atoms. The van der Waals surface area contributed by atoms with Gasteiger partial charge in [0, 0.05) is 19.6 Å². The molecule has 0 radical (unpaired) electrons. The number of rotatable bonds is 4. The second-order valence-electron chi connectivity index (χ2n) is 5.31. The Morgan fingerprint density at radius 2 is 2.16 bits per heavy atom. The SMILES string of the molecule is Cc1ccc(CC(=O)NCC2(O)CCOC2C)cc1. The maximum Gasteiger partial charge on any atom is 0.224 e. The van der Waals surface area contributed by atoms with Crippen molar-refractivity contribution >= 4 is 5.91 Å². The van der Waals surface area contributed by atoms with Crippen LogP contribution in [0.25, 0.3) is 0 Å². The molecule has 2 rings (SSSR count). The number of benzene rings is 1. The smallest absolute Gasteiger partial charge is 0.224 e. The molecule has 1 saturated heterocycles. The van der Waals surface area contributed by atoms with E-state index in [1.165, 1.54) is 5.56 Å². The molecule has 2 atom stereocenters. The van der Waals surface area contributed by atoms with Crippen LogP contribution in [-0.2, 0) is 16.0 Å². The summed E-state index contributed by atoms with van der Waals surface area (Å²) in [6.07, 6.45) is 0.678. The van der Waals surface area contributed by atoms with Gasteiger partial charge in [0.1, 0.15) is 5.60 Å². The highest BCUT2D eigenvalue weighted by Gasteiger charge is 2.39. The van der Waals surface area contributed by atoms with Gasteiger partial charge in [0.05, 0.1) is 12.5 Å². The lowest BCUT2D eigenvalue weighted by Crippen LogP contribution is -2.47. The molecule has 1 aliphatic rings. The van der Waals surface area contributed by atoms with Gasteiger partial charge in [-0.15, -0.1) is 0 Å². The fourth-order valence-electron chi connectivity index (χ4n) is 2.21. The van der Waals surface area contributed by atoms with Crippen molar-refractivity contribution < 1.29 is 14.6 Å². The molecule has 2 N–H and O–H groups in total. The summed E-state index contributed by atoms with van der Waals surface area (Å²) in [7, 11) is 0. The third-order valence-corrected chi connectivity index (χ3v) is 3.74. The topological polar surface area (TPSA) is 58.6 Å². The zero-order valence-corrected chi connectivity index (χ0v) is 11.5. The number of ether oxygens (including phenoxy) is 1. The van der Waals surface area contributed by atoms with E-state index in [2.05, 4.69) is 5.32 Å². The number of amides is 1. The predicted molar refractivity (Wildman–Crippen MR) is 72.9 cm³/mol. The maximum atomic E-state index is 11.8. The minimum absolute atomic E-state index is 0.0728. The van der Waals surface area contributed by atoms with Gasteiger partial charge in [0.15, 0.2) is 0 Å². The fourth-order valence-corrected chi connectivity index (χ4v) is 2.21. The third kappa shape index (κ3) is 3.55. The molecule has 0 saturated carbocycles. The van der Waals surface area contributed by atoms with Crippen molar-refractivity contribution in [1.29, 1.82) is 0 Å². The summed E-state index contributed by atoms with van der Waals surface area (Å²) in [4.78, 5) is 11.8. The largest absolute Gasteiger partial charge is 0.385 e. The molecule has 19 heavy (non-hydrogen) atoms. The van der Waals surface area contributed by atoms with Crippen LogP contribution in [0.3, 0.4) is 0 Å². The van der Waals surface area contributed by atoms with E-state index in [4.69, 9.17) is 4.74 Å². The van der Waals surface area contributed by atoms with Crippen LogP contribution in [-0.4, -0.2) is 35.9 Å². The van der Waals surface area contributed by atoms with Crippen molar-refractivity contribution in [2.45, 2.75) is 38.4 Å². The van der Waals surface area contributed by atoms with Crippen LogP contribution in [0.1, 0.15) is 24.5 Å². The minimum atomic E-state index is -0.928. The number of carbonyl (C=O) groups excluding carboxylic acids is 1. The van der Waals surface area contributed by atoms with Crippen LogP contribution in [0.15, 0.2) is 24.3 Å². The molecule has 0 spiro atoms. The Morgan fingerprint density at radius 1 is 1.47 bits per heavy atom. The molecular weight excluding hydrogens is 242 g/mol. The summed E-state index contributed by atoms with van der Waals surface area (Å²) in [5.74, 6) is -0.0728. The molecule has 2 unspecified atom stereocenters. The zero-order valence-electron chi connectivity index (χ0n) is 11.5. The van der Waals surface area contributed by atoms with Crippen LogP contribution in [0, 0.1) is 6.92 Å². The minimum Gasteiger partial charge on any atom is -0.385 e. The summed E-state index contributed by atoms with van der Waals surface area (Å²) in [5.41, 5.74) is 1.23. The first-order valence-corrected chi connectivity index (χ1v) is 6.66. The van der Waals surface area contributed by atoms with Gasteiger partial charge in [-0.3, -0.25) is 4.79 Å². The van der Waals surface area contributed by atoms with Crippen LogP contribution >= 0.6 is 0 Å².